The molecule has 1 aliphatic heterocycles. The average Bonchev–Trinajstić information content (AvgIpc) is 2.45. The fourth-order valence-corrected chi connectivity index (χ4v) is 0.883. The molecule has 1 saturated heterocycles. The molecule has 0 amide bonds. The van der Waals surface area contributed by atoms with Crippen molar-refractivity contribution in [3.63, 3.8) is 0 Å². The van der Waals surface area contributed by atoms with Crippen molar-refractivity contribution in [1.82, 2.24) is 5.06 Å². The first-order chi connectivity index (χ1) is 11.8. The standard InChI is InChI=1S/C9H16NO3/c1-8(2)5-6(7(11)12)9(3,4)10(8)13/h6H,5H2,1-4H3,(H,11,12)/i1D3,2D3,3D3,4D3,5D2,6D,10+1. The number of hydroxylamine groups is 2. The minimum Gasteiger partial charge on any atom is -0.481 e. The molecule has 13 heavy (non-hydrogen) atoms. The highest BCUT2D eigenvalue weighted by Crippen LogP contribution is 2.43. The summed E-state index contributed by atoms with van der Waals surface area (Å²) in [5.74, 6) is -7.36. The Morgan fingerprint density at radius 1 is 1.69 bits per heavy atom. The molecule has 1 rings (SSSR count). The molecule has 1 radical (unpaired) electrons. The second-order valence-electron chi connectivity index (χ2n) is 2.52. The van der Waals surface area contributed by atoms with Crippen LogP contribution in [0.5, 0.6) is 0 Å². The van der Waals surface area contributed by atoms with Crippen LogP contribution in [-0.2, 0) is 10.0 Å². The maximum absolute atomic E-state index is 13.1. The molecule has 4 heteroatoms. The number of rotatable bonds is 1. The van der Waals surface area contributed by atoms with Crippen LogP contribution in [0.4, 0.5) is 0 Å². The lowest BCUT2D eigenvalue weighted by molar-refractivity contribution is -0.248. The van der Waals surface area contributed by atoms with E-state index in [9.17, 15) is 15.1 Å². The van der Waals surface area contributed by atoms with E-state index in [1.807, 2.05) is 0 Å². The van der Waals surface area contributed by atoms with E-state index in [1.54, 1.807) is 0 Å². The van der Waals surface area contributed by atoms with Gasteiger partial charge < -0.3 is 5.11 Å². The number of carbonyl (C=O) groups is 1. The second-order valence-corrected chi connectivity index (χ2v) is 2.52. The van der Waals surface area contributed by atoms with Gasteiger partial charge in [-0.15, -0.1) is 10.3 Å². The molecule has 0 aromatic heterocycles. The third-order valence-electron chi connectivity index (χ3n) is 1.49. The Bertz CT molecular complexity index is 630. The first-order valence-electron chi connectivity index (χ1n) is 10.6. The van der Waals surface area contributed by atoms with Crippen molar-refractivity contribution in [1.29, 1.82) is 0 Å². The molecular formula is C9H16NO3. The minimum atomic E-state index is -4.56. The van der Waals surface area contributed by atoms with Gasteiger partial charge in [-0.1, -0.05) is 0 Å². The minimum absolute atomic E-state index is 1.53. The molecule has 1 N–H and O–H groups in total. The zero-order valence-electron chi connectivity index (χ0n) is 21.2. The van der Waals surface area contributed by atoms with E-state index in [0.29, 0.717) is 0 Å². The lowest BCUT2D eigenvalue weighted by atomic mass is 9.87. The quantitative estimate of drug-likeness (QED) is 0.652. The zero-order chi connectivity index (χ0) is 23.2. The molecule has 1 heterocycles. The van der Waals surface area contributed by atoms with Crippen molar-refractivity contribution in [3.05, 3.63) is 0 Å². The van der Waals surface area contributed by atoms with E-state index in [1.165, 1.54) is 0 Å². The van der Waals surface area contributed by atoms with E-state index >= 15 is 0 Å². The van der Waals surface area contributed by atoms with Crippen LogP contribution in [0.15, 0.2) is 0 Å². The van der Waals surface area contributed by atoms with E-state index in [0.717, 1.165) is 0 Å². The van der Waals surface area contributed by atoms with Gasteiger partial charge in [0.2, 0.25) is 0 Å². The normalized spacial score (nSPS) is 62.4. The van der Waals surface area contributed by atoms with Crippen LogP contribution < -0.4 is 0 Å². The number of hydrogen-bond donors (Lipinski definition) is 1. The summed E-state index contributed by atoms with van der Waals surface area (Å²) in [5.41, 5.74) is -9.05. The van der Waals surface area contributed by atoms with Crippen molar-refractivity contribution in [2.75, 3.05) is 0 Å². The van der Waals surface area contributed by atoms with Crippen LogP contribution in [0.1, 0.15) is 54.3 Å². The van der Waals surface area contributed by atoms with Gasteiger partial charge in [-0.05, 0) is 33.8 Å². The van der Waals surface area contributed by atoms with Gasteiger partial charge in [-0.2, -0.15) is 0 Å². The molecule has 0 aromatic rings. The van der Waals surface area contributed by atoms with Gasteiger partial charge in [0.1, 0.15) is 0 Å². The van der Waals surface area contributed by atoms with Crippen molar-refractivity contribution >= 4 is 5.97 Å². The van der Waals surface area contributed by atoms with Gasteiger partial charge in [0, 0.05) is 26.1 Å². The topological polar surface area (TPSA) is 60.4 Å². The Morgan fingerprint density at radius 2 is 2.31 bits per heavy atom. The molecule has 4 nitrogen and oxygen atoms in total. The zero-order valence-corrected chi connectivity index (χ0v) is 6.21. The number of nitrogens with zero attached hydrogens (tertiary/aromatic N) is 1. The van der Waals surface area contributed by atoms with Gasteiger partial charge in [0.25, 0.3) is 0 Å². The van der Waals surface area contributed by atoms with Crippen molar-refractivity contribution in [2.45, 2.75) is 44.9 Å². The van der Waals surface area contributed by atoms with Gasteiger partial charge in [0.15, 0.2) is 0 Å². The van der Waals surface area contributed by atoms with E-state index in [4.69, 9.17) is 20.6 Å². The number of hydrogen-bond acceptors (Lipinski definition) is 2. The van der Waals surface area contributed by atoms with Crippen LogP contribution >= 0.6 is 0 Å². The lowest BCUT2D eigenvalue weighted by Gasteiger charge is -2.32. The molecule has 75 valence electrons. The van der Waals surface area contributed by atoms with E-state index < -0.39 is 61.8 Å². The fourth-order valence-electron chi connectivity index (χ4n) is 0.883. The third kappa shape index (κ3) is 1.44. The summed E-state index contributed by atoms with van der Waals surface area (Å²) in [5, 5.41) is 21.1. The molecular weight excluding hydrogens is 171 g/mol. The van der Waals surface area contributed by atoms with Gasteiger partial charge in [-0.25, -0.2) is 0 Å². The summed E-state index contributed by atoms with van der Waals surface area (Å²) in [6.45, 7) is -17.1. The van der Waals surface area contributed by atoms with Gasteiger partial charge in [-0.3, -0.25) is 4.79 Å². The second kappa shape index (κ2) is 2.69. The molecule has 1 atom stereocenters. The Labute approximate surface area is 99.2 Å². The highest BCUT2D eigenvalue weighted by atomic mass is 16.8. The Hall–Kier alpha value is -0.610. The van der Waals surface area contributed by atoms with Crippen LogP contribution in [0.2, 0.25) is 0 Å². The molecule has 0 bridgehead atoms. The van der Waals surface area contributed by atoms with Crippen molar-refractivity contribution in [2.24, 2.45) is 5.89 Å². The summed E-state index contributed by atoms with van der Waals surface area (Å²) < 4.78 is 114. The Morgan fingerprint density at radius 3 is 2.62 bits per heavy atom. The first kappa shape index (κ1) is 2.14. The Kier molecular flexibility index (Phi) is 0.443. The summed E-state index contributed by atoms with van der Waals surface area (Å²) in [6, 6.07) is 0. The molecule has 1 unspecified atom stereocenters. The highest BCUT2D eigenvalue weighted by molar-refractivity contribution is 5.72. The van der Waals surface area contributed by atoms with Crippen molar-refractivity contribution in [3.8, 4) is 0 Å². The summed E-state index contributed by atoms with van der Waals surface area (Å²) in [7, 11) is 0. The van der Waals surface area contributed by atoms with Crippen LogP contribution in [0.25, 0.3) is 0 Å². The van der Waals surface area contributed by atoms with E-state index in [2.05, 4.69) is 0 Å². The third-order valence-corrected chi connectivity index (χ3v) is 1.49. The monoisotopic (exact) mass is 202 g/mol. The predicted molar refractivity (Wildman–Crippen MR) is 46.4 cm³/mol. The molecule has 1 aliphatic rings. The maximum Gasteiger partial charge on any atom is 0.308 e. The lowest BCUT2D eigenvalue weighted by Crippen LogP contribution is -2.47. The largest absolute Gasteiger partial charge is 0.481 e. The fraction of sp³-hybridized carbons (Fsp3) is 0.889. The van der Waals surface area contributed by atoms with Gasteiger partial charge in [0.05, 0.1) is 11.4 Å². The molecule has 0 saturated carbocycles. The molecule has 0 aromatic carbocycles. The maximum atomic E-state index is 13.1. The van der Waals surface area contributed by atoms with Crippen molar-refractivity contribution < 1.29 is 35.7 Å². The number of aliphatic carboxylic acids is 1. The number of carboxylic acid groups (broad SMARTS) is 1. The highest BCUT2D eigenvalue weighted by Gasteiger charge is 2.55. The van der Waals surface area contributed by atoms with Crippen LogP contribution in [0.3, 0.4) is 0 Å². The summed E-state index contributed by atoms with van der Waals surface area (Å²) in [6.07, 6.45) is -4.49. The molecule has 0 spiro atoms. The predicted octanol–water partition coefficient (Wildman–Crippen LogP) is 1.30. The average molecular weight is 202 g/mol. The Balaban J connectivity index is 4.51. The smallest absolute Gasteiger partial charge is 0.308 e. The van der Waals surface area contributed by atoms with Gasteiger partial charge >= 0.3 is 5.97 Å². The SMILES string of the molecule is [2H]C([2H])([2H])C1(C([2H])([2H])[2H])[15N]([O])C(C([2H])([2H])[2H])(C([2H])([2H])[2H])C([2H])(C(=O)O)C1([2H])[2H]. The van der Waals surface area contributed by atoms with Crippen LogP contribution in [-0.4, -0.2) is 27.2 Å². The summed E-state index contributed by atoms with van der Waals surface area (Å²) in [4.78, 5) is 11.9. The first-order valence-corrected chi connectivity index (χ1v) is 3.06. The van der Waals surface area contributed by atoms with Crippen LogP contribution in [0, 0.1) is 5.89 Å². The molecule has 1 fully saturated rings. The van der Waals surface area contributed by atoms with E-state index in [-0.39, 0.29) is 0 Å². The summed E-state index contributed by atoms with van der Waals surface area (Å²) >= 11 is 0. The molecule has 0 aliphatic carbocycles. The number of carboxylic acids is 1.